The maximum absolute atomic E-state index is 12.6. The third kappa shape index (κ3) is 5.23. The Bertz CT molecular complexity index is 635. The number of carbonyl (C=O) groups excluding carboxylic acids is 1. The van der Waals surface area contributed by atoms with E-state index in [2.05, 4.69) is 38.8 Å². The molecule has 0 unspecified atom stereocenters. The molecular formula is C22H29NO. The third-order valence-corrected chi connectivity index (χ3v) is 4.38. The van der Waals surface area contributed by atoms with E-state index in [0.29, 0.717) is 5.92 Å². The molecule has 0 saturated carbocycles. The monoisotopic (exact) mass is 323 g/mol. The topological polar surface area (TPSA) is 20.3 Å². The average molecular weight is 323 g/mol. The predicted octanol–water partition coefficient (Wildman–Crippen LogP) is 5.10. The minimum absolute atomic E-state index is 0.0575. The highest BCUT2D eigenvalue weighted by Gasteiger charge is 2.31. The molecule has 0 radical (unpaired) electrons. The van der Waals surface area contributed by atoms with Crippen molar-refractivity contribution >= 4 is 11.9 Å². The minimum atomic E-state index is -0.0575. The third-order valence-electron chi connectivity index (χ3n) is 4.38. The van der Waals surface area contributed by atoms with Crippen molar-refractivity contribution in [2.24, 2.45) is 11.3 Å². The van der Waals surface area contributed by atoms with E-state index in [4.69, 9.17) is 0 Å². The van der Waals surface area contributed by atoms with Crippen molar-refractivity contribution in [1.82, 2.24) is 4.90 Å². The Morgan fingerprint density at radius 3 is 2.58 bits per heavy atom. The van der Waals surface area contributed by atoms with Gasteiger partial charge in [0.05, 0.1) is 0 Å². The van der Waals surface area contributed by atoms with Crippen molar-refractivity contribution in [3.05, 3.63) is 65.9 Å². The summed E-state index contributed by atoms with van der Waals surface area (Å²) in [5.41, 5.74) is 1.99. The summed E-state index contributed by atoms with van der Waals surface area (Å²) in [5.74, 6) is 0.717. The standard InChI is InChI=1S/C22H29NO/c1-18(2)16-23-15-14-22(3,4)20(17-23)21(24)13-9-8-12-19-10-6-5-7-11-19/h5-13,17-18H,14-16H2,1-4H3/b12-8+,13-9+. The highest BCUT2D eigenvalue weighted by molar-refractivity contribution is 6.05. The van der Waals surface area contributed by atoms with Gasteiger partial charge in [-0.05, 0) is 29.4 Å². The van der Waals surface area contributed by atoms with Crippen LogP contribution in [0.4, 0.5) is 0 Å². The van der Waals surface area contributed by atoms with Gasteiger partial charge in [-0.3, -0.25) is 4.79 Å². The zero-order chi connectivity index (χ0) is 17.6. The lowest BCUT2D eigenvalue weighted by Gasteiger charge is -2.37. The van der Waals surface area contributed by atoms with Crippen molar-refractivity contribution < 1.29 is 4.79 Å². The summed E-state index contributed by atoms with van der Waals surface area (Å²) in [6, 6.07) is 10.1. The van der Waals surface area contributed by atoms with Crippen LogP contribution in [-0.4, -0.2) is 23.8 Å². The number of hydrogen-bond donors (Lipinski definition) is 0. The SMILES string of the molecule is CC(C)CN1C=C(C(=O)/C=C/C=C/c2ccccc2)C(C)(C)CC1. The van der Waals surface area contributed by atoms with Gasteiger partial charge in [0.1, 0.15) is 0 Å². The van der Waals surface area contributed by atoms with E-state index in [0.717, 1.165) is 30.6 Å². The number of carbonyl (C=O) groups is 1. The first-order valence-electron chi connectivity index (χ1n) is 8.79. The summed E-state index contributed by atoms with van der Waals surface area (Å²) < 4.78 is 0. The van der Waals surface area contributed by atoms with Crippen LogP contribution in [0.2, 0.25) is 0 Å². The van der Waals surface area contributed by atoms with Crippen LogP contribution >= 0.6 is 0 Å². The molecule has 0 fully saturated rings. The van der Waals surface area contributed by atoms with Crippen molar-refractivity contribution in [3.63, 3.8) is 0 Å². The van der Waals surface area contributed by atoms with Crippen LogP contribution in [0.3, 0.4) is 0 Å². The molecule has 0 aliphatic carbocycles. The smallest absolute Gasteiger partial charge is 0.183 e. The largest absolute Gasteiger partial charge is 0.377 e. The van der Waals surface area contributed by atoms with Gasteiger partial charge < -0.3 is 4.90 Å². The fraction of sp³-hybridized carbons (Fsp3) is 0.409. The van der Waals surface area contributed by atoms with Gasteiger partial charge in [-0.2, -0.15) is 0 Å². The Morgan fingerprint density at radius 1 is 1.21 bits per heavy atom. The van der Waals surface area contributed by atoms with Gasteiger partial charge in [-0.25, -0.2) is 0 Å². The summed E-state index contributed by atoms with van der Waals surface area (Å²) in [7, 11) is 0. The molecule has 0 spiro atoms. The molecule has 1 aliphatic heterocycles. The zero-order valence-electron chi connectivity index (χ0n) is 15.3. The molecule has 2 nitrogen and oxygen atoms in total. The Kier molecular flexibility index (Phi) is 6.19. The highest BCUT2D eigenvalue weighted by Crippen LogP contribution is 2.35. The van der Waals surface area contributed by atoms with E-state index in [1.54, 1.807) is 6.08 Å². The number of ketones is 1. The van der Waals surface area contributed by atoms with E-state index < -0.39 is 0 Å². The Labute approximate surface area is 146 Å². The van der Waals surface area contributed by atoms with Crippen molar-refractivity contribution in [1.29, 1.82) is 0 Å². The molecule has 2 heteroatoms. The number of rotatable bonds is 6. The zero-order valence-corrected chi connectivity index (χ0v) is 15.3. The van der Waals surface area contributed by atoms with E-state index in [1.807, 2.05) is 48.6 Å². The fourth-order valence-corrected chi connectivity index (χ4v) is 2.95. The van der Waals surface area contributed by atoms with Crippen LogP contribution in [0.5, 0.6) is 0 Å². The molecule has 1 heterocycles. The van der Waals surface area contributed by atoms with Crippen LogP contribution in [0.25, 0.3) is 6.08 Å². The Morgan fingerprint density at radius 2 is 1.92 bits per heavy atom. The normalized spacial score (nSPS) is 17.7. The minimum Gasteiger partial charge on any atom is -0.377 e. The summed E-state index contributed by atoms with van der Waals surface area (Å²) in [6.07, 6.45) is 10.6. The van der Waals surface area contributed by atoms with E-state index in [-0.39, 0.29) is 11.2 Å². The maximum Gasteiger partial charge on any atom is 0.183 e. The molecule has 24 heavy (non-hydrogen) atoms. The molecule has 0 N–H and O–H groups in total. The summed E-state index contributed by atoms with van der Waals surface area (Å²) in [6.45, 7) is 10.8. The molecule has 0 atom stereocenters. The van der Waals surface area contributed by atoms with Gasteiger partial charge in [-0.1, -0.05) is 76.3 Å². The Balaban J connectivity index is 2.06. The average Bonchev–Trinajstić information content (AvgIpc) is 2.53. The number of allylic oxidation sites excluding steroid dienone is 4. The summed E-state index contributed by atoms with van der Waals surface area (Å²) in [4.78, 5) is 14.9. The molecule has 1 aromatic rings. The van der Waals surface area contributed by atoms with Crippen molar-refractivity contribution in [3.8, 4) is 0 Å². The molecule has 2 rings (SSSR count). The first-order chi connectivity index (χ1) is 11.4. The molecule has 0 aromatic heterocycles. The Hall–Kier alpha value is -2.09. The van der Waals surface area contributed by atoms with Crippen molar-refractivity contribution in [2.75, 3.05) is 13.1 Å². The van der Waals surface area contributed by atoms with Gasteiger partial charge in [0.25, 0.3) is 0 Å². The molecular weight excluding hydrogens is 294 g/mol. The number of benzene rings is 1. The van der Waals surface area contributed by atoms with Gasteiger partial charge in [0, 0.05) is 24.9 Å². The highest BCUT2D eigenvalue weighted by atomic mass is 16.1. The first kappa shape index (κ1) is 18.3. The lowest BCUT2D eigenvalue weighted by Crippen LogP contribution is -2.36. The van der Waals surface area contributed by atoms with Crippen LogP contribution < -0.4 is 0 Å². The van der Waals surface area contributed by atoms with Gasteiger partial charge >= 0.3 is 0 Å². The van der Waals surface area contributed by atoms with Crippen LogP contribution in [-0.2, 0) is 4.79 Å². The molecule has 1 aromatic carbocycles. The second kappa shape index (κ2) is 8.14. The number of hydrogen-bond acceptors (Lipinski definition) is 2. The second-order valence-electron chi connectivity index (χ2n) is 7.56. The molecule has 0 saturated heterocycles. The second-order valence-corrected chi connectivity index (χ2v) is 7.56. The predicted molar refractivity (Wildman–Crippen MR) is 103 cm³/mol. The summed E-state index contributed by atoms with van der Waals surface area (Å²) in [5, 5.41) is 0. The van der Waals surface area contributed by atoms with Gasteiger partial charge in [0.2, 0.25) is 0 Å². The van der Waals surface area contributed by atoms with Gasteiger partial charge in [0.15, 0.2) is 5.78 Å². The molecule has 0 bridgehead atoms. The lowest BCUT2D eigenvalue weighted by atomic mass is 9.77. The quantitative estimate of drug-likeness (QED) is 0.536. The van der Waals surface area contributed by atoms with Crippen molar-refractivity contribution in [2.45, 2.75) is 34.1 Å². The number of nitrogens with zero attached hydrogens (tertiary/aromatic N) is 1. The van der Waals surface area contributed by atoms with E-state index >= 15 is 0 Å². The molecule has 1 aliphatic rings. The van der Waals surface area contributed by atoms with Gasteiger partial charge in [-0.15, -0.1) is 0 Å². The molecule has 128 valence electrons. The van der Waals surface area contributed by atoms with Crippen LogP contribution in [0.15, 0.2) is 60.3 Å². The van der Waals surface area contributed by atoms with Crippen LogP contribution in [0.1, 0.15) is 39.7 Å². The maximum atomic E-state index is 12.6. The van der Waals surface area contributed by atoms with E-state index in [1.165, 1.54) is 0 Å². The summed E-state index contributed by atoms with van der Waals surface area (Å²) >= 11 is 0. The van der Waals surface area contributed by atoms with E-state index in [9.17, 15) is 4.79 Å². The fourth-order valence-electron chi connectivity index (χ4n) is 2.95. The lowest BCUT2D eigenvalue weighted by molar-refractivity contribution is -0.112. The van der Waals surface area contributed by atoms with Crippen LogP contribution in [0, 0.1) is 11.3 Å². The molecule has 0 amide bonds. The first-order valence-corrected chi connectivity index (χ1v) is 8.79.